The minimum absolute atomic E-state index is 0.0758. The van der Waals surface area contributed by atoms with Gasteiger partial charge in [-0.1, -0.05) is 102 Å². The van der Waals surface area contributed by atoms with Gasteiger partial charge < -0.3 is 9.80 Å². The van der Waals surface area contributed by atoms with Gasteiger partial charge in [0.2, 0.25) is 5.91 Å². The Kier molecular flexibility index (Phi) is 12.2. The van der Waals surface area contributed by atoms with Crippen LogP contribution in [-0.4, -0.2) is 37.6 Å². The Balaban J connectivity index is 2.18. The third-order valence-corrected chi connectivity index (χ3v) is 5.58. The standard InChI is InChI=1S/C26H46N2O/c1-6-7-8-9-10-11-12-13-17-20-25(29)27-22-26(2,3)23-28(4,5)21-24-18-15-14-16-19-24/h14-16,18-19H,6-13,17,20-23H2,1-5H3/p+1. The highest BCUT2D eigenvalue weighted by Gasteiger charge is 2.29. The zero-order valence-electron chi connectivity index (χ0n) is 19.9. The second-order valence-corrected chi connectivity index (χ2v) is 10.3. The summed E-state index contributed by atoms with van der Waals surface area (Å²) in [5, 5.41) is 3.19. The molecule has 166 valence electrons. The summed E-state index contributed by atoms with van der Waals surface area (Å²) in [5.41, 5.74) is 1.44. The average molecular weight is 404 g/mol. The van der Waals surface area contributed by atoms with Crippen molar-refractivity contribution < 1.29 is 9.28 Å². The van der Waals surface area contributed by atoms with Gasteiger partial charge in [0.1, 0.15) is 6.54 Å². The molecule has 0 fully saturated rings. The van der Waals surface area contributed by atoms with Crippen LogP contribution in [0.1, 0.15) is 90.5 Å². The van der Waals surface area contributed by atoms with Crippen LogP contribution in [0.15, 0.2) is 30.3 Å². The van der Waals surface area contributed by atoms with E-state index in [9.17, 15) is 4.79 Å². The van der Waals surface area contributed by atoms with Crippen LogP contribution in [0.25, 0.3) is 0 Å². The molecular weight excluding hydrogens is 356 g/mol. The number of amides is 1. The zero-order valence-corrected chi connectivity index (χ0v) is 19.9. The highest BCUT2D eigenvalue weighted by atomic mass is 16.1. The largest absolute Gasteiger partial charge is 0.355 e. The molecule has 3 heteroatoms. The molecule has 0 spiro atoms. The van der Waals surface area contributed by atoms with Gasteiger partial charge in [-0.2, -0.15) is 0 Å². The summed E-state index contributed by atoms with van der Waals surface area (Å²) in [6.45, 7) is 9.57. The van der Waals surface area contributed by atoms with Gasteiger partial charge in [-0.05, 0) is 6.42 Å². The number of rotatable bonds is 16. The molecule has 0 atom stereocenters. The van der Waals surface area contributed by atoms with Crippen molar-refractivity contribution in [3.8, 4) is 0 Å². The van der Waals surface area contributed by atoms with Crippen molar-refractivity contribution in [2.24, 2.45) is 5.41 Å². The summed E-state index contributed by atoms with van der Waals surface area (Å²) in [6.07, 6.45) is 12.3. The monoisotopic (exact) mass is 403 g/mol. The summed E-state index contributed by atoms with van der Waals surface area (Å²) in [6, 6.07) is 10.7. The Bertz CT molecular complexity index is 551. The number of hydrogen-bond acceptors (Lipinski definition) is 1. The molecule has 1 N–H and O–H groups in total. The lowest BCUT2D eigenvalue weighted by Crippen LogP contribution is -2.49. The normalized spacial score (nSPS) is 12.2. The molecule has 0 aliphatic carbocycles. The second kappa shape index (κ2) is 13.8. The molecule has 1 aromatic carbocycles. The van der Waals surface area contributed by atoms with E-state index in [-0.39, 0.29) is 11.3 Å². The van der Waals surface area contributed by atoms with Gasteiger partial charge >= 0.3 is 0 Å². The third kappa shape index (κ3) is 13.5. The number of nitrogens with one attached hydrogen (secondary N) is 1. The SMILES string of the molecule is CCCCCCCCCCCC(=O)NCC(C)(C)C[N+](C)(C)Cc1ccccc1. The minimum atomic E-state index is 0.0758. The van der Waals surface area contributed by atoms with Crippen molar-refractivity contribution in [2.75, 3.05) is 27.2 Å². The number of carbonyl (C=O) groups is 1. The highest BCUT2D eigenvalue weighted by molar-refractivity contribution is 5.75. The van der Waals surface area contributed by atoms with E-state index >= 15 is 0 Å². The number of hydrogen-bond donors (Lipinski definition) is 1. The molecule has 0 saturated heterocycles. The fraction of sp³-hybridized carbons (Fsp3) is 0.731. The van der Waals surface area contributed by atoms with Gasteiger partial charge in [-0.15, -0.1) is 0 Å². The Morgan fingerprint density at radius 3 is 2.03 bits per heavy atom. The first-order valence-corrected chi connectivity index (χ1v) is 11.9. The number of benzene rings is 1. The molecule has 29 heavy (non-hydrogen) atoms. The van der Waals surface area contributed by atoms with Gasteiger partial charge in [-0.3, -0.25) is 4.79 Å². The van der Waals surface area contributed by atoms with Gasteiger partial charge in [0.25, 0.3) is 0 Å². The number of carbonyl (C=O) groups excluding carboxylic acids is 1. The van der Waals surface area contributed by atoms with Crippen LogP contribution in [0.5, 0.6) is 0 Å². The van der Waals surface area contributed by atoms with Crippen LogP contribution >= 0.6 is 0 Å². The van der Waals surface area contributed by atoms with Crippen molar-refractivity contribution in [1.29, 1.82) is 0 Å². The fourth-order valence-corrected chi connectivity index (χ4v) is 4.37. The molecule has 0 aromatic heterocycles. The van der Waals surface area contributed by atoms with Gasteiger partial charge in [0, 0.05) is 23.9 Å². The molecule has 0 bridgehead atoms. The lowest BCUT2D eigenvalue weighted by Gasteiger charge is -2.37. The zero-order chi connectivity index (χ0) is 21.6. The van der Waals surface area contributed by atoms with Crippen molar-refractivity contribution >= 4 is 5.91 Å². The van der Waals surface area contributed by atoms with Crippen LogP contribution in [0, 0.1) is 5.41 Å². The summed E-state index contributed by atoms with van der Waals surface area (Å²) >= 11 is 0. The van der Waals surface area contributed by atoms with Crippen molar-refractivity contribution in [3.63, 3.8) is 0 Å². The van der Waals surface area contributed by atoms with E-state index in [1.807, 2.05) is 0 Å². The quantitative estimate of drug-likeness (QED) is 0.254. The molecule has 3 nitrogen and oxygen atoms in total. The van der Waals surface area contributed by atoms with Crippen molar-refractivity contribution in [2.45, 2.75) is 91.5 Å². The van der Waals surface area contributed by atoms with Gasteiger partial charge in [0.05, 0.1) is 20.6 Å². The molecule has 0 aliphatic heterocycles. The fourth-order valence-electron chi connectivity index (χ4n) is 4.37. The number of nitrogens with zero attached hydrogens (tertiary/aromatic N) is 1. The molecule has 0 aliphatic rings. The van der Waals surface area contributed by atoms with Crippen LogP contribution in [0.3, 0.4) is 0 Å². The Morgan fingerprint density at radius 2 is 1.45 bits per heavy atom. The maximum Gasteiger partial charge on any atom is 0.220 e. The first-order chi connectivity index (χ1) is 13.7. The maximum absolute atomic E-state index is 12.2. The van der Waals surface area contributed by atoms with E-state index in [0.29, 0.717) is 6.42 Å². The Hall–Kier alpha value is -1.35. The lowest BCUT2D eigenvalue weighted by molar-refractivity contribution is -0.909. The molecule has 0 heterocycles. The van der Waals surface area contributed by atoms with Crippen LogP contribution in [-0.2, 0) is 11.3 Å². The molecule has 0 unspecified atom stereocenters. The maximum atomic E-state index is 12.2. The summed E-state index contributed by atoms with van der Waals surface area (Å²) in [4.78, 5) is 12.2. The van der Waals surface area contributed by atoms with Crippen LogP contribution in [0.2, 0.25) is 0 Å². The number of unbranched alkanes of at least 4 members (excludes halogenated alkanes) is 8. The van der Waals surface area contributed by atoms with Crippen molar-refractivity contribution in [1.82, 2.24) is 5.32 Å². The van der Waals surface area contributed by atoms with E-state index in [1.54, 1.807) is 0 Å². The molecule has 1 aromatic rings. The summed E-state index contributed by atoms with van der Waals surface area (Å²) in [7, 11) is 4.55. The molecule has 0 saturated carbocycles. The molecule has 0 radical (unpaired) electrons. The topological polar surface area (TPSA) is 29.1 Å². The van der Waals surface area contributed by atoms with E-state index < -0.39 is 0 Å². The van der Waals surface area contributed by atoms with E-state index in [0.717, 1.165) is 30.5 Å². The highest BCUT2D eigenvalue weighted by Crippen LogP contribution is 2.21. The summed E-state index contributed by atoms with van der Waals surface area (Å²) < 4.78 is 0.922. The Labute approximate surface area is 180 Å². The average Bonchev–Trinajstić information content (AvgIpc) is 2.64. The molecule has 1 amide bonds. The number of quaternary nitrogens is 1. The first-order valence-electron chi connectivity index (χ1n) is 11.9. The van der Waals surface area contributed by atoms with E-state index in [2.05, 4.69) is 70.5 Å². The molecular formula is C26H47N2O+. The van der Waals surface area contributed by atoms with E-state index in [4.69, 9.17) is 0 Å². The lowest BCUT2D eigenvalue weighted by atomic mass is 9.91. The van der Waals surface area contributed by atoms with Gasteiger partial charge in [-0.25, -0.2) is 0 Å². The smallest absolute Gasteiger partial charge is 0.220 e. The predicted molar refractivity (Wildman–Crippen MR) is 126 cm³/mol. The first kappa shape index (κ1) is 25.7. The third-order valence-electron chi connectivity index (χ3n) is 5.58. The van der Waals surface area contributed by atoms with Crippen LogP contribution in [0.4, 0.5) is 0 Å². The minimum Gasteiger partial charge on any atom is -0.355 e. The Morgan fingerprint density at radius 1 is 0.897 bits per heavy atom. The van der Waals surface area contributed by atoms with Crippen molar-refractivity contribution in [3.05, 3.63) is 35.9 Å². The van der Waals surface area contributed by atoms with Crippen LogP contribution < -0.4 is 5.32 Å². The molecule has 1 rings (SSSR count). The van der Waals surface area contributed by atoms with Gasteiger partial charge in [0.15, 0.2) is 0 Å². The summed E-state index contributed by atoms with van der Waals surface area (Å²) in [5.74, 6) is 0.217. The predicted octanol–water partition coefficient (Wildman–Crippen LogP) is 6.33. The van der Waals surface area contributed by atoms with E-state index in [1.165, 1.54) is 56.9 Å². The second-order valence-electron chi connectivity index (χ2n) is 10.3.